The first-order chi connectivity index (χ1) is 11.4. The topological polar surface area (TPSA) is 59.4 Å². The molecule has 0 atom stereocenters. The first-order valence-electron chi connectivity index (χ1n) is 8.01. The van der Waals surface area contributed by atoms with Crippen LogP contribution in [0.4, 0.5) is 5.69 Å². The second-order valence-electron chi connectivity index (χ2n) is 6.22. The van der Waals surface area contributed by atoms with Crippen LogP contribution in [0.3, 0.4) is 0 Å². The molecule has 5 nitrogen and oxygen atoms in total. The lowest BCUT2D eigenvalue weighted by Crippen LogP contribution is -2.40. The van der Waals surface area contributed by atoms with Crippen molar-refractivity contribution in [2.75, 3.05) is 32.5 Å². The summed E-state index contributed by atoms with van der Waals surface area (Å²) in [5, 5.41) is 12.7. The van der Waals surface area contributed by atoms with Gasteiger partial charge in [0.2, 0.25) is 0 Å². The van der Waals surface area contributed by atoms with Crippen molar-refractivity contribution in [2.24, 2.45) is 0 Å². The Hall–Kier alpha value is -2.03. The molecule has 0 spiro atoms. The number of carbonyl (C=O) groups is 1. The van der Waals surface area contributed by atoms with Gasteiger partial charge in [-0.05, 0) is 57.6 Å². The third kappa shape index (κ3) is 4.50. The van der Waals surface area contributed by atoms with Gasteiger partial charge < -0.3 is 15.1 Å². The van der Waals surface area contributed by atoms with Crippen LogP contribution in [0, 0.1) is 18.3 Å². The van der Waals surface area contributed by atoms with Gasteiger partial charge in [-0.2, -0.15) is 5.26 Å². The van der Waals surface area contributed by atoms with Crippen LogP contribution in [-0.4, -0.2) is 48.9 Å². The predicted molar refractivity (Wildman–Crippen MR) is 96.8 cm³/mol. The van der Waals surface area contributed by atoms with Gasteiger partial charge in [-0.1, -0.05) is 17.7 Å². The quantitative estimate of drug-likeness (QED) is 0.672. The number of carbonyl (C=O) groups excluding carboxylic acids is 1. The third-order valence-electron chi connectivity index (χ3n) is 4.48. The summed E-state index contributed by atoms with van der Waals surface area (Å²) in [7, 11) is 4.03. The van der Waals surface area contributed by atoms with E-state index in [2.05, 4.69) is 17.3 Å². The van der Waals surface area contributed by atoms with Gasteiger partial charge in [0.25, 0.3) is 5.91 Å². The molecule has 0 aromatic heterocycles. The molecule has 1 fully saturated rings. The highest BCUT2D eigenvalue weighted by atomic mass is 35.5. The number of rotatable bonds is 4. The van der Waals surface area contributed by atoms with E-state index < -0.39 is 5.91 Å². The van der Waals surface area contributed by atoms with Gasteiger partial charge in [0.15, 0.2) is 0 Å². The van der Waals surface area contributed by atoms with E-state index in [1.54, 1.807) is 24.4 Å². The fourth-order valence-corrected chi connectivity index (χ4v) is 2.96. The molecule has 0 radical (unpaired) electrons. The molecule has 1 N–H and O–H groups in total. The van der Waals surface area contributed by atoms with Crippen molar-refractivity contribution in [1.82, 2.24) is 9.80 Å². The van der Waals surface area contributed by atoms with Crippen LogP contribution in [0.15, 0.2) is 30.0 Å². The zero-order valence-electron chi connectivity index (χ0n) is 14.3. The SMILES string of the molecule is Cc1c(Cl)cccc1NC(=O)/C(C#N)=C\N(C)C1CCN(C)CC1. The molecule has 2 rings (SSSR count). The van der Waals surface area contributed by atoms with E-state index in [0.717, 1.165) is 31.5 Å². The molecule has 1 amide bonds. The number of nitrogens with zero attached hydrogens (tertiary/aromatic N) is 3. The Morgan fingerprint density at radius 2 is 2.12 bits per heavy atom. The molecule has 1 aliphatic heterocycles. The largest absolute Gasteiger partial charge is 0.376 e. The van der Waals surface area contributed by atoms with Crippen LogP contribution in [0.1, 0.15) is 18.4 Å². The smallest absolute Gasteiger partial charge is 0.267 e. The maximum Gasteiger partial charge on any atom is 0.267 e. The Kier molecular flexibility index (Phi) is 6.24. The number of nitriles is 1. The summed E-state index contributed by atoms with van der Waals surface area (Å²) in [6.45, 7) is 3.88. The van der Waals surface area contributed by atoms with Gasteiger partial charge in [0.1, 0.15) is 11.6 Å². The number of nitrogens with one attached hydrogen (secondary N) is 1. The van der Waals surface area contributed by atoms with E-state index in [-0.39, 0.29) is 5.57 Å². The van der Waals surface area contributed by atoms with E-state index in [1.807, 2.05) is 24.9 Å². The van der Waals surface area contributed by atoms with Crippen LogP contribution < -0.4 is 5.32 Å². The number of halogens is 1. The Labute approximate surface area is 148 Å². The maximum atomic E-state index is 12.4. The molecule has 1 aromatic carbocycles. The molecule has 24 heavy (non-hydrogen) atoms. The van der Waals surface area contributed by atoms with Gasteiger partial charge >= 0.3 is 0 Å². The standard InChI is InChI=1S/C18H23ClN4O/c1-13-16(19)5-4-6-17(13)21-18(24)14(11-20)12-23(3)15-7-9-22(2)10-8-15/h4-6,12,15H,7-10H2,1-3H3,(H,21,24)/b14-12-. The van der Waals surface area contributed by atoms with Gasteiger partial charge in [-0.15, -0.1) is 0 Å². The summed E-state index contributed by atoms with van der Waals surface area (Å²) >= 11 is 6.07. The molecular formula is C18H23ClN4O. The Bertz CT molecular complexity index is 672. The number of hydrogen-bond donors (Lipinski definition) is 1. The van der Waals surface area contributed by atoms with E-state index in [0.29, 0.717) is 16.8 Å². The highest BCUT2D eigenvalue weighted by molar-refractivity contribution is 6.31. The number of benzene rings is 1. The van der Waals surface area contributed by atoms with Crippen LogP contribution >= 0.6 is 11.6 Å². The summed E-state index contributed by atoms with van der Waals surface area (Å²) in [4.78, 5) is 16.7. The monoisotopic (exact) mass is 346 g/mol. The fourth-order valence-electron chi connectivity index (χ4n) is 2.78. The lowest BCUT2D eigenvalue weighted by atomic mass is 10.0. The second kappa shape index (κ2) is 8.18. The van der Waals surface area contributed by atoms with Gasteiger partial charge in [-0.25, -0.2) is 0 Å². The normalized spacial score (nSPS) is 16.5. The molecule has 0 aliphatic carbocycles. The van der Waals surface area contributed by atoms with Gasteiger partial charge in [-0.3, -0.25) is 4.79 Å². The molecule has 1 heterocycles. The fraction of sp³-hybridized carbons (Fsp3) is 0.444. The number of amides is 1. The van der Waals surface area contributed by atoms with E-state index in [9.17, 15) is 10.1 Å². The molecule has 0 saturated carbocycles. The molecule has 0 bridgehead atoms. The van der Waals surface area contributed by atoms with Crippen molar-refractivity contribution < 1.29 is 4.79 Å². The minimum atomic E-state index is -0.414. The molecule has 1 saturated heterocycles. The molecular weight excluding hydrogens is 324 g/mol. The Morgan fingerprint density at radius 3 is 2.75 bits per heavy atom. The zero-order valence-corrected chi connectivity index (χ0v) is 15.1. The van der Waals surface area contributed by atoms with E-state index >= 15 is 0 Å². The average molecular weight is 347 g/mol. The maximum absolute atomic E-state index is 12.4. The molecule has 6 heteroatoms. The van der Waals surface area contributed by atoms with Crippen LogP contribution in [0.2, 0.25) is 5.02 Å². The number of piperidine rings is 1. The summed E-state index contributed by atoms with van der Waals surface area (Å²) in [5.41, 5.74) is 1.50. The molecule has 0 unspecified atom stereocenters. The Balaban J connectivity index is 2.08. The number of hydrogen-bond acceptors (Lipinski definition) is 4. The summed E-state index contributed by atoms with van der Waals surface area (Å²) < 4.78 is 0. The first-order valence-corrected chi connectivity index (χ1v) is 8.39. The second-order valence-corrected chi connectivity index (χ2v) is 6.63. The summed E-state index contributed by atoms with van der Waals surface area (Å²) in [5.74, 6) is -0.414. The lowest BCUT2D eigenvalue weighted by molar-refractivity contribution is -0.112. The van der Waals surface area contributed by atoms with E-state index in [1.165, 1.54) is 0 Å². The first kappa shape index (κ1) is 18.3. The predicted octanol–water partition coefficient (Wildman–Crippen LogP) is 3.02. The van der Waals surface area contributed by atoms with E-state index in [4.69, 9.17) is 11.6 Å². The number of anilines is 1. The van der Waals surface area contributed by atoms with Crippen molar-refractivity contribution in [3.63, 3.8) is 0 Å². The molecule has 128 valence electrons. The summed E-state index contributed by atoms with van der Waals surface area (Å²) in [6.07, 6.45) is 3.69. The Morgan fingerprint density at radius 1 is 1.46 bits per heavy atom. The zero-order chi connectivity index (χ0) is 17.7. The van der Waals surface area contributed by atoms with Crippen molar-refractivity contribution >= 4 is 23.2 Å². The van der Waals surface area contributed by atoms with Crippen LogP contribution in [0.5, 0.6) is 0 Å². The van der Waals surface area contributed by atoms with Gasteiger partial charge in [0, 0.05) is 30.0 Å². The number of likely N-dealkylation sites (tertiary alicyclic amines) is 1. The van der Waals surface area contributed by atoms with Crippen molar-refractivity contribution in [3.8, 4) is 6.07 Å². The third-order valence-corrected chi connectivity index (χ3v) is 4.89. The highest BCUT2D eigenvalue weighted by Gasteiger charge is 2.20. The van der Waals surface area contributed by atoms with Crippen molar-refractivity contribution in [3.05, 3.63) is 40.6 Å². The minimum Gasteiger partial charge on any atom is -0.376 e. The highest BCUT2D eigenvalue weighted by Crippen LogP contribution is 2.23. The minimum absolute atomic E-state index is 0.0933. The average Bonchev–Trinajstić information content (AvgIpc) is 2.57. The van der Waals surface area contributed by atoms with Crippen molar-refractivity contribution in [1.29, 1.82) is 5.26 Å². The van der Waals surface area contributed by atoms with Crippen molar-refractivity contribution in [2.45, 2.75) is 25.8 Å². The molecule has 1 aliphatic rings. The lowest BCUT2D eigenvalue weighted by Gasteiger charge is -2.34. The van der Waals surface area contributed by atoms with Gasteiger partial charge in [0.05, 0.1) is 0 Å². The van der Waals surface area contributed by atoms with Crippen LogP contribution in [-0.2, 0) is 4.79 Å². The summed E-state index contributed by atoms with van der Waals surface area (Å²) in [6, 6.07) is 7.66. The molecule has 1 aromatic rings. The van der Waals surface area contributed by atoms with Crippen LogP contribution in [0.25, 0.3) is 0 Å².